The number of hydrogen-bond donors (Lipinski definition) is 1. The fraction of sp³-hybridized carbons (Fsp3) is 0.450. The fourth-order valence-electron chi connectivity index (χ4n) is 3.84. The zero-order valence-electron chi connectivity index (χ0n) is 16.1. The van der Waals surface area contributed by atoms with Crippen LogP contribution >= 0.6 is 22.9 Å². The van der Waals surface area contributed by atoms with Crippen molar-refractivity contribution in [1.29, 1.82) is 0 Å². The summed E-state index contributed by atoms with van der Waals surface area (Å²) in [4.78, 5) is 15.0. The van der Waals surface area contributed by atoms with Crippen LogP contribution in [0.15, 0.2) is 24.3 Å². The van der Waals surface area contributed by atoms with Gasteiger partial charge in [-0.15, -0.1) is 11.3 Å². The van der Waals surface area contributed by atoms with Crippen molar-refractivity contribution in [3.63, 3.8) is 0 Å². The number of rotatable bonds is 7. The van der Waals surface area contributed by atoms with E-state index in [0.29, 0.717) is 34.6 Å². The van der Waals surface area contributed by atoms with Gasteiger partial charge in [0.2, 0.25) is 5.75 Å². The molecule has 152 valence electrons. The number of benzene rings is 1. The molecule has 2 unspecified atom stereocenters. The summed E-state index contributed by atoms with van der Waals surface area (Å²) in [5.74, 6) is 0.761. The van der Waals surface area contributed by atoms with Gasteiger partial charge in [-0.3, -0.25) is 9.69 Å². The molecule has 0 aliphatic carbocycles. The molecule has 0 saturated carbocycles. The third-order valence-electron chi connectivity index (χ3n) is 5.05. The van der Waals surface area contributed by atoms with Crippen molar-refractivity contribution in [1.82, 2.24) is 4.90 Å². The molecule has 2 heterocycles. The lowest BCUT2D eigenvalue weighted by molar-refractivity contribution is -0.145. The maximum absolute atomic E-state index is 12.0. The molecule has 1 fully saturated rings. The highest BCUT2D eigenvalue weighted by molar-refractivity contribution is 7.16. The molecular formula is C20H24ClNO5S. The second-order valence-electron chi connectivity index (χ2n) is 6.56. The zero-order valence-corrected chi connectivity index (χ0v) is 17.7. The number of piperidine rings is 1. The van der Waals surface area contributed by atoms with E-state index in [-0.39, 0.29) is 6.04 Å². The van der Waals surface area contributed by atoms with E-state index in [1.54, 1.807) is 21.3 Å². The number of carboxylic acid groups (broad SMARTS) is 1. The second-order valence-corrected chi connectivity index (χ2v) is 8.30. The van der Waals surface area contributed by atoms with Gasteiger partial charge in [-0.05, 0) is 43.7 Å². The molecule has 0 bridgehead atoms. The third-order valence-corrected chi connectivity index (χ3v) is 6.34. The van der Waals surface area contributed by atoms with Crippen molar-refractivity contribution in [2.45, 2.75) is 31.3 Å². The number of ether oxygens (including phenoxy) is 3. The minimum Gasteiger partial charge on any atom is -0.493 e. The summed E-state index contributed by atoms with van der Waals surface area (Å²) in [7, 11) is 4.70. The number of likely N-dealkylation sites (tertiary alicyclic amines) is 1. The molecule has 2 aromatic rings. The van der Waals surface area contributed by atoms with Crippen LogP contribution in [0.1, 0.15) is 35.7 Å². The van der Waals surface area contributed by atoms with Gasteiger partial charge >= 0.3 is 5.97 Å². The molecule has 8 heteroatoms. The van der Waals surface area contributed by atoms with Crippen molar-refractivity contribution in [2.24, 2.45) is 0 Å². The Morgan fingerprint density at radius 3 is 2.46 bits per heavy atom. The van der Waals surface area contributed by atoms with Gasteiger partial charge in [0.25, 0.3) is 0 Å². The minimum atomic E-state index is -0.813. The Hall–Kier alpha value is -1.96. The van der Waals surface area contributed by atoms with Gasteiger partial charge in [-0.2, -0.15) is 0 Å². The molecule has 0 radical (unpaired) electrons. The molecule has 3 rings (SSSR count). The van der Waals surface area contributed by atoms with Crippen molar-refractivity contribution in [2.75, 3.05) is 27.9 Å². The maximum Gasteiger partial charge on any atom is 0.320 e. The van der Waals surface area contributed by atoms with Crippen LogP contribution < -0.4 is 14.2 Å². The molecule has 1 saturated heterocycles. The van der Waals surface area contributed by atoms with Gasteiger partial charge in [0, 0.05) is 10.4 Å². The van der Waals surface area contributed by atoms with Crippen molar-refractivity contribution >= 4 is 28.9 Å². The second kappa shape index (κ2) is 9.03. The highest BCUT2D eigenvalue weighted by atomic mass is 35.5. The van der Waals surface area contributed by atoms with Crippen molar-refractivity contribution in [3.05, 3.63) is 39.0 Å². The first-order valence-electron chi connectivity index (χ1n) is 9.04. The molecule has 1 aromatic carbocycles. The predicted octanol–water partition coefficient (Wildman–Crippen LogP) is 4.46. The van der Waals surface area contributed by atoms with Crippen LogP contribution in [0, 0.1) is 0 Å². The molecule has 1 aromatic heterocycles. The van der Waals surface area contributed by atoms with Crippen LogP contribution in [0.3, 0.4) is 0 Å². The summed E-state index contributed by atoms with van der Waals surface area (Å²) >= 11 is 7.66. The largest absolute Gasteiger partial charge is 0.493 e. The Morgan fingerprint density at radius 1 is 1.14 bits per heavy atom. The smallest absolute Gasteiger partial charge is 0.320 e. The molecule has 0 spiro atoms. The van der Waals surface area contributed by atoms with Gasteiger partial charge in [0.1, 0.15) is 6.04 Å². The van der Waals surface area contributed by atoms with E-state index in [0.717, 1.165) is 23.3 Å². The average Bonchev–Trinajstić information content (AvgIpc) is 3.13. The van der Waals surface area contributed by atoms with Crippen molar-refractivity contribution < 1.29 is 24.1 Å². The van der Waals surface area contributed by atoms with Gasteiger partial charge in [0.05, 0.1) is 31.7 Å². The maximum atomic E-state index is 12.0. The first kappa shape index (κ1) is 20.8. The fourth-order valence-corrected chi connectivity index (χ4v) is 5.04. The van der Waals surface area contributed by atoms with Crippen molar-refractivity contribution in [3.8, 4) is 17.2 Å². The lowest BCUT2D eigenvalue weighted by atomic mass is 9.94. The van der Waals surface area contributed by atoms with Gasteiger partial charge in [0.15, 0.2) is 11.5 Å². The highest BCUT2D eigenvalue weighted by Crippen LogP contribution is 2.47. The van der Waals surface area contributed by atoms with Crippen LogP contribution in [0.5, 0.6) is 17.2 Å². The predicted molar refractivity (Wildman–Crippen MR) is 109 cm³/mol. The van der Waals surface area contributed by atoms with E-state index in [9.17, 15) is 9.90 Å². The van der Waals surface area contributed by atoms with E-state index in [2.05, 4.69) is 0 Å². The zero-order chi connectivity index (χ0) is 20.3. The minimum absolute atomic E-state index is 0.311. The standard InChI is InChI=1S/C20H24ClNO5S/c1-25-14-8-7-12(18(26-2)19(14)27-3)17(15-9-10-16(21)28-15)22-11-5-4-6-13(22)20(23)24/h7-10,13,17H,4-6,11H2,1-3H3,(H,23,24). The number of hydrogen-bond acceptors (Lipinski definition) is 6. The molecule has 28 heavy (non-hydrogen) atoms. The average molecular weight is 426 g/mol. The first-order chi connectivity index (χ1) is 13.5. The Morgan fingerprint density at radius 2 is 1.89 bits per heavy atom. The number of nitrogens with zero attached hydrogens (tertiary/aromatic N) is 1. The Kier molecular flexibility index (Phi) is 6.69. The molecular weight excluding hydrogens is 402 g/mol. The lowest BCUT2D eigenvalue weighted by Gasteiger charge is -2.39. The Bertz CT molecular complexity index is 840. The summed E-state index contributed by atoms with van der Waals surface area (Å²) in [5, 5.41) is 9.83. The van der Waals surface area contributed by atoms with Crippen LogP contribution in [0.2, 0.25) is 4.34 Å². The normalized spacial score (nSPS) is 18.5. The molecule has 0 amide bonds. The van der Waals surface area contributed by atoms with Gasteiger partial charge < -0.3 is 19.3 Å². The summed E-state index contributed by atoms with van der Waals surface area (Å²) in [6.45, 7) is 0.675. The summed E-state index contributed by atoms with van der Waals surface area (Å²) in [5.41, 5.74) is 0.826. The van der Waals surface area contributed by atoms with E-state index in [1.165, 1.54) is 11.3 Å². The first-order valence-corrected chi connectivity index (χ1v) is 10.2. The number of carboxylic acids is 1. The molecule has 2 atom stereocenters. The summed E-state index contributed by atoms with van der Waals surface area (Å²) < 4.78 is 17.3. The molecule has 6 nitrogen and oxygen atoms in total. The van der Waals surface area contributed by atoms with Crippen LogP contribution in [0.25, 0.3) is 0 Å². The van der Waals surface area contributed by atoms with Gasteiger partial charge in [-0.25, -0.2) is 0 Å². The van der Waals surface area contributed by atoms with E-state index in [1.807, 2.05) is 29.2 Å². The number of methoxy groups -OCH3 is 3. The molecule has 1 aliphatic heterocycles. The highest BCUT2D eigenvalue weighted by Gasteiger charge is 2.38. The van der Waals surface area contributed by atoms with E-state index < -0.39 is 12.0 Å². The number of thiophene rings is 1. The Labute approximate surface area is 173 Å². The SMILES string of the molecule is COc1ccc(C(c2ccc(Cl)s2)N2CCCCC2C(=O)O)c(OC)c1OC. The summed E-state index contributed by atoms with van der Waals surface area (Å²) in [6, 6.07) is 6.62. The van der Waals surface area contributed by atoms with Crippen LogP contribution in [0.4, 0.5) is 0 Å². The number of aliphatic carboxylic acids is 1. The number of halogens is 1. The molecule has 1 N–H and O–H groups in total. The third kappa shape index (κ3) is 3.92. The quantitative estimate of drug-likeness (QED) is 0.706. The van der Waals surface area contributed by atoms with E-state index in [4.69, 9.17) is 25.8 Å². The number of carbonyl (C=O) groups is 1. The van der Waals surface area contributed by atoms with Gasteiger partial charge in [-0.1, -0.05) is 18.0 Å². The van der Waals surface area contributed by atoms with E-state index >= 15 is 0 Å². The lowest BCUT2D eigenvalue weighted by Crippen LogP contribution is -2.46. The Balaban J connectivity index is 2.19. The summed E-state index contributed by atoms with van der Waals surface area (Å²) in [6.07, 6.45) is 2.45. The monoisotopic (exact) mass is 425 g/mol. The topological polar surface area (TPSA) is 68.2 Å². The van der Waals surface area contributed by atoms with Crippen LogP contribution in [-0.2, 0) is 4.79 Å². The van der Waals surface area contributed by atoms with Crippen LogP contribution in [-0.4, -0.2) is 49.9 Å². The molecule has 1 aliphatic rings.